The molecule has 0 amide bonds. The fourth-order valence-electron chi connectivity index (χ4n) is 5.34. The van der Waals surface area contributed by atoms with Gasteiger partial charge in [-0.05, 0) is 98.4 Å². The summed E-state index contributed by atoms with van der Waals surface area (Å²) in [6.07, 6.45) is 1.79. The lowest BCUT2D eigenvalue weighted by Gasteiger charge is -2.28. The molecule has 39 heavy (non-hydrogen) atoms. The third-order valence-electron chi connectivity index (χ3n) is 7.07. The van der Waals surface area contributed by atoms with Gasteiger partial charge in [0.25, 0.3) is 0 Å². The van der Waals surface area contributed by atoms with Crippen molar-refractivity contribution in [2.45, 2.75) is 25.9 Å². The first-order valence-corrected chi connectivity index (χ1v) is 13.2. The van der Waals surface area contributed by atoms with E-state index >= 15 is 0 Å². The van der Waals surface area contributed by atoms with Crippen molar-refractivity contribution >= 4 is 23.0 Å². The van der Waals surface area contributed by atoms with E-state index in [1.165, 1.54) is 6.07 Å². The highest BCUT2D eigenvalue weighted by atomic mass is 32.1. The molecule has 194 valence electrons. The first-order valence-electron chi connectivity index (χ1n) is 12.8. The van der Waals surface area contributed by atoms with E-state index in [0.29, 0.717) is 10.8 Å². The second kappa shape index (κ2) is 10.3. The number of anilines is 1. The van der Waals surface area contributed by atoms with Crippen LogP contribution in [0.1, 0.15) is 34.7 Å². The van der Waals surface area contributed by atoms with E-state index in [-0.39, 0.29) is 17.9 Å². The Labute approximate surface area is 232 Å². The van der Waals surface area contributed by atoms with E-state index in [9.17, 15) is 4.39 Å². The van der Waals surface area contributed by atoms with Gasteiger partial charge in [0.2, 0.25) is 0 Å². The number of nitrogens with one attached hydrogen (secondary N) is 1. The van der Waals surface area contributed by atoms with Crippen molar-refractivity contribution < 1.29 is 9.13 Å². The van der Waals surface area contributed by atoms with Gasteiger partial charge in [0.05, 0.1) is 23.5 Å². The van der Waals surface area contributed by atoms with Crippen molar-refractivity contribution in [2.75, 3.05) is 4.90 Å². The summed E-state index contributed by atoms with van der Waals surface area (Å²) in [6, 6.07) is 32.0. The van der Waals surface area contributed by atoms with Gasteiger partial charge in [-0.3, -0.25) is 4.98 Å². The van der Waals surface area contributed by atoms with Gasteiger partial charge in [-0.25, -0.2) is 4.39 Å². The molecule has 1 fully saturated rings. The van der Waals surface area contributed by atoms with Crippen LogP contribution >= 0.6 is 12.2 Å². The predicted octanol–water partition coefficient (Wildman–Crippen LogP) is 7.60. The number of pyridine rings is 1. The molecular weight excluding hydrogens is 507 g/mol. The third-order valence-corrected chi connectivity index (χ3v) is 7.39. The summed E-state index contributed by atoms with van der Waals surface area (Å²) >= 11 is 5.90. The molecule has 1 N–H and O–H groups in total. The zero-order valence-electron chi connectivity index (χ0n) is 21.6. The third kappa shape index (κ3) is 4.66. The van der Waals surface area contributed by atoms with Crippen LogP contribution in [0.4, 0.5) is 10.1 Å². The quantitative estimate of drug-likeness (QED) is 0.227. The van der Waals surface area contributed by atoms with Crippen molar-refractivity contribution in [3.63, 3.8) is 0 Å². The van der Waals surface area contributed by atoms with Gasteiger partial charge in [-0.2, -0.15) is 0 Å². The molecule has 5 aromatic rings. The maximum Gasteiger partial charge on any atom is 0.174 e. The minimum Gasteiger partial charge on any atom is -0.457 e. The average molecular weight is 535 g/mol. The van der Waals surface area contributed by atoms with E-state index in [2.05, 4.69) is 21.3 Å². The summed E-state index contributed by atoms with van der Waals surface area (Å²) in [5, 5.41) is 4.11. The summed E-state index contributed by atoms with van der Waals surface area (Å²) in [5.41, 5.74) is 5.26. The van der Waals surface area contributed by atoms with Crippen LogP contribution in [0.15, 0.2) is 109 Å². The average Bonchev–Trinajstić information content (AvgIpc) is 3.45. The van der Waals surface area contributed by atoms with Crippen molar-refractivity contribution in [3.05, 3.63) is 138 Å². The van der Waals surface area contributed by atoms with Crippen LogP contribution in [0.2, 0.25) is 0 Å². The van der Waals surface area contributed by atoms with E-state index in [1.807, 2.05) is 97.3 Å². The minimum atomic E-state index is -0.266. The summed E-state index contributed by atoms with van der Waals surface area (Å²) < 4.78 is 22.9. The lowest BCUT2D eigenvalue weighted by molar-refractivity contribution is 0.482. The van der Waals surface area contributed by atoms with Crippen LogP contribution in [0.25, 0.3) is 5.69 Å². The summed E-state index contributed by atoms with van der Waals surface area (Å²) in [7, 11) is 0. The van der Waals surface area contributed by atoms with Gasteiger partial charge < -0.3 is 19.5 Å². The number of aromatic nitrogens is 2. The zero-order chi connectivity index (χ0) is 26.9. The first kappa shape index (κ1) is 24.8. The molecule has 5 nitrogen and oxygen atoms in total. The van der Waals surface area contributed by atoms with Gasteiger partial charge in [0, 0.05) is 23.3 Å². The molecule has 0 radical (unpaired) electrons. The lowest BCUT2D eigenvalue weighted by Crippen LogP contribution is -2.29. The summed E-state index contributed by atoms with van der Waals surface area (Å²) in [6.45, 7) is 4.03. The fourth-order valence-corrected chi connectivity index (χ4v) is 5.69. The van der Waals surface area contributed by atoms with Gasteiger partial charge in [0.15, 0.2) is 5.11 Å². The normalized spacial score (nSPS) is 16.8. The SMILES string of the molecule is Cc1cc([C@H]2[C@@H](c3ccccn3)NC(=S)N2c2ccc(Oc3ccccc3)cc2)c(C)n1-c1ccccc1F. The van der Waals surface area contributed by atoms with Crippen LogP contribution in [0.3, 0.4) is 0 Å². The smallest absolute Gasteiger partial charge is 0.174 e. The summed E-state index contributed by atoms with van der Waals surface area (Å²) in [4.78, 5) is 6.78. The van der Waals surface area contributed by atoms with E-state index in [4.69, 9.17) is 17.0 Å². The Morgan fingerprint density at radius 3 is 2.26 bits per heavy atom. The number of para-hydroxylation sites is 2. The molecule has 1 saturated heterocycles. The van der Waals surface area contributed by atoms with E-state index < -0.39 is 0 Å². The predicted molar refractivity (Wildman–Crippen MR) is 156 cm³/mol. The highest BCUT2D eigenvalue weighted by molar-refractivity contribution is 7.80. The highest BCUT2D eigenvalue weighted by Gasteiger charge is 2.42. The molecule has 0 bridgehead atoms. The van der Waals surface area contributed by atoms with E-state index in [0.717, 1.165) is 39.8 Å². The Morgan fingerprint density at radius 1 is 0.846 bits per heavy atom. The first-order chi connectivity index (χ1) is 19.0. The number of rotatable bonds is 6. The second-order valence-corrected chi connectivity index (χ2v) is 9.91. The molecule has 0 unspecified atom stereocenters. The molecule has 0 spiro atoms. The lowest BCUT2D eigenvalue weighted by atomic mass is 9.96. The van der Waals surface area contributed by atoms with Gasteiger partial charge in [0.1, 0.15) is 17.3 Å². The molecule has 6 rings (SSSR count). The molecule has 1 aliphatic heterocycles. The zero-order valence-corrected chi connectivity index (χ0v) is 22.4. The van der Waals surface area contributed by atoms with Crippen LogP contribution in [0, 0.1) is 19.7 Å². The van der Waals surface area contributed by atoms with Gasteiger partial charge in [-0.1, -0.05) is 36.4 Å². The Balaban J connectivity index is 1.43. The van der Waals surface area contributed by atoms with Crippen LogP contribution < -0.4 is 15.0 Å². The number of aryl methyl sites for hydroxylation is 1. The summed E-state index contributed by atoms with van der Waals surface area (Å²) in [5.74, 6) is 1.24. The number of hydrogen-bond donors (Lipinski definition) is 1. The van der Waals surface area contributed by atoms with Crippen LogP contribution in [-0.4, -0.2) is 14.7 Å². The maximum atomic E-state index is 14.9. The van der Waals surface area contributed by atoms with Crippen molar-refractivity contribution in [3.8, 4) is 17.2 Å². The number of benzene rings is 3. The molecule has 3 heterocycles. The topological polar surface area (TPSA) is 42.3 Å². The van der Waals surface area contributed by atoms with Crippen LogP contribution in [-0.2, 0) is 0 Å². The Kier molecular flexibility index (Phi) is 6.59. The monoisotopic (exact) mass is 534 g/mol. The molecule has 1 aliphatic rings. The molecule has 3 aromatic carbocycles. The molecule has 2 aromatic heterocycles. The molecule has 7 heteroatoms. The maximum absolute atomic E-state index is 14.9. The van der Waals surface area contributed by atoms with Crippen LogP contribution in [0.5, 0.6) is 11.5 Å². The molecule has 2 atom stereocenters. The number of nitrogens with zero attached hydrogens (tertiary/aromatic N) is 3. The van der Waals surface area contributed by atoms with Crippen molar-refractivity contribution in [1.82, 2.24) is 14.9 Å². The molecule has 0 aliphatic carbocycles. The standard InChI is InChI=1S/C32H27FN4OS/c1-21-20-26(22(2)36(21)29-14-7-6-12-27(29)33)31-30(28-13-8-9-19-34-28)35-32(39)37(31)23-15-17-25(18-16-23)38-24-10-4-3-5-11-24/h3-20,30-31H,1-2H3,(H,35,39)/t30-,31+/m1/s1. The van der Waals surface area contributed by atoms with Crippen molar-refractivity contribution in [2.24, 2.45) is 0 Å². The largest absolute Gasteiger partial charge is 0.457 e. The fraction of sp³-hybridized carbons (Fsp3) is 0.125. The molecular formula is C32H27FN4OS. The highest BCUT2D eigenvalue weighted by Crippen LogP contribution is 2.44. The van der Waals surface area contributed by atoms with Crippen molar-refractivity contribution in [1.29, 1.82) is 0 Å². The number of halogens is 1. The second-order valence-electron chi connectivity index (χ2n) is 9.52. The minimum absolute atomic E-state index is 0.200. The number of thiocarbonyl (C=S) groups is 1. The van der Waals surface area contributed by atoms with E-state index in [1.54, 1.807) is 18.3 Å². The Hall–Kier alpha value is -4.49. The Bertz CT molecular complexity index is 1620. The van der Waals surface area contributed by atoms with Gasteiger partial charge >= 0.3 is 0 Å². The molecule has 0 saturated carbocycles. The van der Waals surface area contributed by atoms with Gasteiger partial charge in [-0.15, -0.1) is 0 Å². The Morgan fingerprint density at radius 2 is 1.54 bits per heavy atom. The number of ether oxygens (including phenoxy) is 1. The number of hydrogen-bond acceptors (Lipinski definition) is 3.